The first-order valence-corrected chi connectivity index (χ1v) is 7.99. The largest absolute Gasteiger partial charge is 0.508 e. The van der Waals surface area contributed by atoms with E-state index in [4.69, 9.17) is 0 Å². The van der Waals surface area contributed by atoms with Gasteiger partial charge in [0.25, 0.3) is 5.91 Å². The topological polar surface area (TPSA) is 40.5 Å². The van der Waals surface area contributed by atoms with Gasteiger partial charge in [-0.15, -0.1) is 11.3 Å². The summed E-state index contributed by atoms with van der Waals surface area (Å²) in [5, 5.41) is 11.7. The lowest BCUT2D eigenvalue weighted by Gasteiger charge is -2.45. The zero-order valence-electron chi connectivity index (χ0n) is 12.5. The predicted molar refractivity (Wildman–Crippen MR) is 86.3 cm³/mol. The van der Waals surface area contributed by atoms with E-state index < -0.39 is 0 Å². The number of thiophene rings is 1. The van der Waals surface area contributed by atoms with Crippen LogP contribution in [0.15, 0.2) is 35.7 Å². The average Bonchev–Trinajstić information content (AvgIpc) is 2.92. The van der Waals surface area contributed by atoms with Crippen LogP contribution >= 0.6 is 11.3 Å². The average molecular weight is 301 g/mol. The third-order valence-corrected chi connectivity index (χ3v) is 4.99. The van der Waals surface area contributed by atoms with Crippen LogP contribution in [0.25, 0.3) is 0 Å². The van der Waals surface area contributed by atoms with Gasteiger partial charge < -0.3 is 10.0 Å². The summed E-state index contributed by atoms with van der Waals surface area (Å²) in [6.45, 7) is 6.35. The Balaban J connectivity index is 2.14. The van der Waals surface area contributed by atoms with Crippen molar-refractivity contribution in [2.45, 2.75) is 38.6 Å². The Morgan fingerprint density at radius 2 is 2.14 bits per heavy atom. The molecular weight excluding hydrogens is 282 g/mol. The lowest BCUT2D eigenvalue weighted by molar-refractivity contribution is 0.0958. The number of rotatable bonds is 1. The monoisotopic (exact) mass is 301 g/mol. The van der Waals surface area contributed by atoms with Gasteiger partial charge >= 0.3 is 0 Å². The highest BCUT2D eigenvalue weighted by molar-refractivity contribution is 7.12. The van der Waals surface area contributed by atoms with E-state index >= 15 is 0 Å². The minimum Gasteiger partial charge on any atom is -0.508 e. The molecule has 0 unspecified atom stereocenters. The lowest BCUT2D eigenvalue weighted by Crippen LogP contribution is -2.51. The van der Waals surface area contributed by atoms with Crippen LogP contribution in [0.1, 0.15) is 48.3 Å². The molecule has 1 N–H and O–H groups in total. The summed E-state index contributed by atoms with van der Waals surface area (Å²) in [5.74, 6) is 0.604. The summed E-state index contributed by atoms with van der Waals surface area (Å²) in [5.41, 5.74) is 1.71. The first kappa shape index (κ1) is 14.1. The number of nitrogens with zero attached hydrogens (tertiary/aromatic N) is 1. The van der Waals surface area contributed by atoms with E-state index in [9.17, 15) is 9.90 Å². The summed E-state index contributed by atoms with van der Waals surface area (Å²) < 4.78 is 0. The third-order valence-electron chi connectivity index (χ3n) is 4.13. The van der Waals surface area contributed by atoms with Crippen LogP contribution in [-0.2, 0) is 0 Å². The molecular formula is C17H19NO2S. The van der Waals surface area contributed by atoms with Crippen LogP contribution in [0.2, 0.25) is 0 Å². The molecule has 0 saturated carbocycles. The van der Waals surface area contributed by atoms with Crippen LogP contribution in [0.4, 0.5) is 5.69 Å². The van der Waals surface area contributed by atoms with E-state index in [1.165, 1.54) is 11.3 Å². The van der Waals surface area contributed by atoms with E-state index in [1.807, 2.05) is 28.5 Å². The second kappa shape index (κ2) is 4.88. The molecule has 0 radical (unpaired) electrons. The van der Waals surface area contributed by atoms with Crippen molar-refractivity contribution in [2.24, 2.45) is 0 Å². The number of carbonyl (C=O) groups excluding carboxylic acids is 1. The Kier molecular flexibility index (Phi) is 3.29. The van der Waals surface area contributed by atoms with E-state index in [0.29, 0.717) is 5.92 Å². The number of phenols is 1. The number of hydrogen-bond acceptors (Lipinski definition) is 3. The molecule has 3 rings (SSSR count). The highest BCUT2D eigenvalue weighted by atomic mass is 32.1. The summed E-state index contributed by atoms with van der Waals surface area (Å²) >= 11 is 1.46. The molecule has 1 aliphatic rings. The van der Waals surface area contributed by atoms with Crippen molar-refractivity contribution >= 4 is 22.9 Å². The molecule has 1 atom stereocenters. The summed E-state index contributed by atoms with van der Waals surface area (Å²) in [6, 6.07) is 9.05. The van der Waals surface area contributed by atoms with Gasteiger partial charge in [0.05, 0.1) is 4.88 Å². The molecule has 1 aromatic heterocycles. The number of aromatic hydroxyl groups is 1. The van der Waals surface area contributed by atoms with Crippen molar-refractivity contribution in [1.82, 2.24) is 0 Å². The maximum atomic E-state index is 12.9. The van der Waals surface area contributed by atoms with Gasteiger partial charge in [-0.25, -0.2) is 0 Å². The molecule has 0 spiro atoms. The van der Waals surface area contributed by atoms with Gasteiger partial charge in [-0.1, -0.05) is 13.0 Å². The highest BCUT2D eigenvalue weighted by Crippen LogP contribution is 2.45. The molecule has 21 heavy (non-hydrogen) atoms. The molecule has 2 aromatic rings. The fourth-order valence-electron chi connectivity index (χ4n) is 3.31. The Bertz CT molecular complexity index is 676. The normalized spacial score (nSPS) is 20.1. The number of benzene rings is 1. The standard InChI is InChI=1S/C17H19NO2S/c1-11-10-17(2,3)18(16(20)15-5-4-8-21-15)14-7-6-12(19)9-13(11)14/h4-9,11,19H,10H2,1-3H3/t11-/m0/s1. The molecule has 0 aliphatic carbocycles. The van der Waals surface area contributed by atoms with Crippen molar-refractivity contribution in [1.29, 1.82) is 0 Å². The van der Waals surface area contributed by atoms with Gasteiger partial charge in [-0.3, -0.25) is 4.79 Å². The van der Waals surface area contributed by atoms with Crippen LogP contribution in [-0.4, -0.2) is 16.6 Å². The number of hydrogen-bond donors (Lipinski definition) is 1. The molecule has 0 bridgehead atoms. The number of carbonyl (C=O) groups is 1. The molecule has 0 fully saturated rings. The van der Waals surface area contributed by atoms with E-state index in [1.54, 1.807) is 12.1 Å². The number of fused-ring (bicyclic) bond motifs is 1. The molecule has 3 nitrogen and oxygen atoms in total. The molecule has 1 amide bonds. The first-order chi connectivity index (χ1) is 9.90. The minimum absolute atomic E-state index is 0.0360. The lowest BCUT2D eigenvalue weighted by atomic mass is 9.80. The minimum atomic E-state index is -0.246. The Morgan fingerprint density at radius 1 is 1.38 bits per heavy atom. The Hall–Kier alpha value is -1.81. The van der Waals surface area contributed by atoms with Gasteiger partial charge in [-0.2, -0.15) is 0 Å². The Morgan fingerprint density at radius 3 is 2.81 bits per heavy atom. The molecule has 1 aromatic carbocycles. The van der Waals surface area contributed by atoms with E-state index in [0.717, 1.165) is 22.5 Å². The zero-order chi connectivity index (χ0) is 15.2. The Labute approximate surface area is 128 Å². The van der Waals surface area contributed by atoms with Crippen molar-refractivity contribution < 1.29 is 9.90 Å². The van der Waals surface area contributed by atoms with E-state index in [2.05, 4.69) is 20.8 Å². The second-order valence-corrected chi connectivity index (χ2v) is 7.23. The maximum Gasteiger partial charge on any atom is 0.268 e. The van der Waals surface area contributed by atoms with Crippen molar-refractivity contribution in [3.8, 4) is 5.75 Å². The van der Waals surface area contributed by atoms with Crippen molar-refractivity contribution in [3.05, 3.63) is 46.2 Å². The van der Waals surface area contributed by atoms with Crippen LogP contribution in [0.3, 0.4) is 0 Å². The molecule has 1 aliphatic heterocycles. The number of anilines is 1. The van der Waals surface area contributed by atoms with Gasteiger partial charge in [0.1, 0.15) is 5.75 Å². The first-order valence-electron chi connectivity index (χ1n) is 7.11. The molecule has 110 valence electrons. The number of phenolic OH excluding ortho intramolecular Hbond substituents is 1. The van der Waals surface area contributed by atoms with Gasteiger partial charge in [0.15, 0.2) is 0 Å². The highest BCUT2D eigenvalue weighted by Gasteiger charge is 2.40. The van der Waals surface area contributed by atoms with Gasteiger partial charge in [0, 0.05) is 11.2 Å². The van der Waals surface area contributed by atoms with Gasteiger partial charge in [0.2, 0.25) is 0 Å². The molecule has 0 saturated heterocycles. The molecule has 2 heterocycles. The van der Waals surface area contributed by atoms with E-state index in [-0.39, 0.29) is 17.2 Å². The summed E-state index contributed by atoms with van der Waals surface area (Å²) in [6.07, 6.45) is 0.876. The quantitative estimate of drug-likeness (QED) is 0.849. The molecule has 4 heteroatoms. The maximum absolute atomic E-state index is 12.9. The summed E-state index contributed by atoms with van der Waals surface area (Å²) in [7, 11) is 0. The summed E-state index contributed by atoms with van der Waals surface area (Å²) in [4.78, 5) is 15.5. The number of amides is 1. The SMILES string of the molecule is C[C@H]1CC(C)(C)N(C(=O)c2cccs2)c2ccc(O)cc21. The third kappa shape index (κ3) is 2.33. The fourth-order valence-corrected chi connectivity index (χ4v) is 3.96. The van der Waals surface area contributed by atoms with Crippen molar-refractivity contribution in [2.75, 3.05) is 4.90 Å². The smallest absolute Gasteiger partial charge is 0.268 e. The fraction of sp³-hybridized carbons (Fsp3) is 0.353. The van der Waals surface area contributed by atoms with Crippen molar-refractivity contribution in [3.63, 3.8) is 0 Å². The predicted octanol–water partition coefficient (Wildman–Crippen LogP) is 4.39. The van der Waals surface area contributed by atoms with Crippen LogP contribution < -0.4 is 4.90 Å². The van der Waals surface area contributed by atoms with Crippen LogP contribution in [0, 0.1) is 0 Å². The van der Waals surface area contributed by atoms with Crippen LogP contribution in [0.5, 0.6) is 5.75 Å². The zero-order valence-corrected chi connectivity index (χ0v) is 13.3. The van der Waals surface area contributed by atoms with Gasteiger partial charge in [-0.05, 0) is 61.4 Å². The second-order valence-electron chi connectivity index (χ2n) is 6.28.